The molecule has 1 aromatic heterocycles. The van der Waals surface area contributed by atoms with Gasteiger partial charge in [-0.15, -0.1) is 0 Å². The zero-order valence-electron chi connectivity index (χ0n) is 12.3. The van der Waals surface area contributed by atoms with Gasteiger partial charge >= 0.3 is 0 Å². The zero-order chi connectivity index (χ0) is 15.4. The molecule has 1 heterocycles. The number of aromatic nitrogens is 1. The maximum absolute atomic E-state index is 12.4. The van der Waals surface area contributed by atoms with Crippen molar-refractivity contribution < 1.29 is 9.72 Å². The minimum atomic E-state index is -0.574. The SMILES string of the molecule is CCNc1cc(C(=O)NC2CCCC2C)c([N+](=O)[O-])cn1. The van der Waals surface area contributed by atoms with Crippen LogP contribution >= 0.6 is 0 Å². The van der Waals surface area contributed by atoms with Gasteiger partial charge in [0.15, 0.2) is 0 Å². The topological polar surface area (TPSA) is 97.2 Å². The molecular formula is C14H20N4O3. The average molecular weight is 292 g/mol. The van der Waals surface area contributed by atoms with Gasteiger partial charge in [-0.3, -0.25) is 14.9 Å². The van der Waals surface area contributed by atoms with Crippen molar-refractivity contribution in [3.63, 3.8) is 0 Å². The first-order chi connectivity index (χ1) is 10.0. The van der Waals surface area contributed by atoms with E-state index in [0.29, 0.717) is 18.3 Å². The molecule has 21 heavy (non-hydrogen) atoms. The van der Waals surface area contributed by atoms with Crippen molar-refractivity contribution in [2.75, 3.05) is 11.9 Å². The fraction of sp³-hybridized carbons (Fsp3) is 0.571. The number of carbonyl (C=O) groups is 1. The summed E-state index contributed by atoms with van der Waals surface area (Å²) >= 11 is 0. The van der Waals surface area contributed by atoms with E-state index in [9.17, 15) is 14.9 Å². The van der Waals surface area contributed by atoms with Gasteiger partial charge in [0.05, 0.1) is 4.92 Å². The fourth-order valence-electron chi connectivity index (χ4n) is 2.66. The number of rotatable bonds is 5. The first-order valence-corrected chi connectivity index (χ1v) is 7.22. The van der Waals surface area contributed by atoms with E-state index in [1.807, 2.05) is 6.92 Å². The van der Waals surface area contributed by atoms with Crippen LogP contribution in [-0.2, 0) is 0 Å². The number of nitrogens with zero attached hydrogens (tertiary/aromatic N) is 2. The number of pyridine rings is 1. The van der Waals surface area contributed by atoms with E-state index in [4.69, 9.17) is 0 Å². The number of anilines is 1. The standard InChI is InChI=1S/C14H20N4O3/c1-3-15-13-7-10(12(8-16-13)18(20)21)14(19)17-11-6-4-5-9(11)2/h7-9,11H,3-6H2,1-2H3,(H,15,16)(H,17,19). The maximum atomic E-state index is 12.4. The van der Waals surface area contributed by atoms with Crippen LogP contribution in [0.3, 0.4) is 0 Å². The van der Waals surface area contributed by atoms with Gasteiger partial charge in [0, 0.05) is 18.7 Å². The Labute approximate surface area is 123 Å². The smallest absolute Gasteiger partial charge is 0.300 e. The molecule has 2 atom stereocenters. The van der Waals surface area contributed by atoms with Crippen LogP contribution in [0.4, 0.5) is 11.5 Å². The Kier molecular flexibility index (Phi) is 4.72. The molecule has 0 aliphatic heterocycles. The normalized spacial score (nSPS) is 21.0. The molecule has 1 aliphatic carbocycles. The van der Waals surface area contributed by atoms with Crippen molar-refractivity contribution in [3.05, 3.63) is 27.9 Å². The van der Waals surface area contributed by atoms with Crippen molar-refractivity contribution in [1.82, 2.24) is 10.3 Å². The Morgan fingerprint density at radius 2 is 2.29 bits per heavy atom. The summed E-state index contributed by atoms with van der Waals surface area (Å²) < 4.78 is 0. The van der Waals surface area contributed by atoms with Crippen LogP contribution in [0.2, 0.25) is 0 Å². The van der Waals surface area contributed by atoms with Crippen molar-refractivity contribution >= 4 is 17.4 Å². The highest BCUT2D eigenvalue weighted by Gasteiger charge is 2.28. The van der Waals surface area contributed by atoms with E-state index in [1.165, 1.54) is 6.07 Å². The lowest BCUT2D eigenvalue weighted by Gasteiger charge is -2.17. The van der Waals surface area contributed by atoms with E-state index in [1.54, 1.807) is 0 Å². The third kappa shape index (κ3) is 3.48. The Balaban J connectivity index is 2.24. The second-order valence-electron chi connectivity index (χ2n) is 5.36. The van der Waals surface area contributed by atoms with Gasteiger partial charge in [-0.05, 0) is 25.7 Å². The lowest BCUT2D eigenvalue weighted by atomic mass is 10.1. The molecule has 7 nitrogen and oxygen atoms in total. The molecule has 7 heteroatoms. The summed E-state index contributed by atoms with van der Waals surface area (Å²) in [6, 6.07) is 1.53. The van der Waals surface area contributed by atoms with Gasteiger partial charge in [-0.1, -0.05) is 13.3 Å². The zero-order valence-corrected chi connectivity index (χ0v) is 12.3. The molecule has 1 aliphatic rings. The summed E-state index contributed by atoms with van der Waals surface area (Å²) in [6.45, 7) is 4.61. The monoisotopic (exact) mass is 292 g/mol. The van der Waals surface area contributed by atoms with Crippen molar-refractivity contribution in [2.24, 2.45) is 5.92 Å². The largest absolute Gasteiger partial charge is 0.370 e. The molecule has 1 fully saturated rings. The van der Waals surface area contributed by atoms with Gasteiger partial charge in [-0.2, -0.15) is 0 Å². The summed E-state index contributed by atoms with van der Waals surface area (Å²) in [4.78, 5) is 26.8. The lowest BCUT2D eigenvalue weighted by molar-refractivity contribution is -0.385. The number of nitrogens with one attached hydrogen (secondary N) is 2. The van der Waals surface area contributed by atoms with Crippen LogP contribution in [0.25, 0.3) is 0 Å². The maximum Gasteiger partial charge on any atom is 0.300 e. The lowest BCUT2D eigenvalue weighted by Crippen LogP contribution is -2.36. The fourth-order valence-corrected chi connectivity index (χ4v) is 2.66. The quantitative estimate of drug-likeness (QED) is 0.641. The molecule has 0 spiro atoms. The molecule has 0 saturated heterocycles. The molecule has 1 aromatic rings. The predicted octanol–water partition coefficient (Wildman–Crippen LogP) is 2.34. The van der Waals surface area contributed by atoms with Crippen LogP contribution < -0.4 is 10.6 Å². The van der Waals surface area contributed by atoms with Crippen molar-refractivity contribution in [3.8, 4) is 0 Å². The van der Waals surface area contributed by atoms with Crippen LogP contribution in [0.5, 0.6) is 0 Å². The number of amides is 1. The highest BCUT2D eigenvalue weighted by atomic mass is 16.6. The molecule has 0 radical (unpaired) electrons. The second kappa shape index (κ2) is 6.51. The minimum Gasteiger partial charge on any atom is -0.370 e. The molecule has 114 valence electrons. The van der Waals surface area contributed by atoms with Gasteiger partial charge in [0.25, 0.3) is 11.6 Å². The molecule has 0 bridgehead atoms. The average Bonchev–Trinajstić information content (AvgIpc) is 2.84. The van der Waals surface area contributed by atoms with Crippen LogP contribution in [0.1, 0.15) is 43.5 Å². The van der Waals surface area contributed by atoms with Gasteiger partial charge in [0.2, 0.25) is 0 Å². The number of carbonyl (C=O) groups excluding carboxylic acids is 1. The molecule has 1 amide bonds. The molecule has 0 aromatic carbocycles. The molecule has 1 saturated carbocycles. The van der Waals surface area contributed by atoms with Gasteiger partial charge in [0.1, 0.15) is 17.6 Å². The second-order valence-corrected chi connectivity index (χ2v) is 5.36. The summed E-state index contributed by atoms with van der Waals surface area (Å²) in [6.07, 6.45) is 4.20. The Bertz CT molecular complexity index is 547. The highest BCUT2D eigenvalue weighted by molar-refractivity contribution is 5.98. The van der Waals surface area contributed by atoms with Crippen molar-refractivity contribution in [1.29, 1.82) is 0 Å². The van der Waals surface area contributed by atoms with Gasteiger partial charge in [-0.25, -0.2) is 4.98 Å². The Hall–Kier alpha value is -2.18. The Morgan fingerprint density at radius 1 is 1.52 bits per heavy atom. The number of hydrogen-bond acceptors (Lipinski definition) is 5. The molecule has 2 rings (SSSR count). The van der Waals surface area contributed by atoms with Crippen molar-refractivity contribution in [2.45, 2.75) is 39.2 Å². The van der Waals surface area contributed by atoms with E-state index >= 15 is 0 Å². The summed E-state index contributed by atoms with van der Waals surface area (Å²) in [5, 5.41) is 16.9. The highest BCUT2D eigenvalue weighted by Crippen LogP contribution is 2.26. The predicted molar refractivity (Wildman–Crippen MR) is 79.3 cm³/mol. The first-order valence-electron chi connectivity index (χ1n) is 7.22. The van der Waals surface area contributed by atoms with Crippen LogP contribution in [-0.4, -0.2) is 28.4 Å². The number of hydrogen-bond donors (Lipinski definition) is 2. The third-order valence-corrected chi connectivity index (χ3v) is 3.86. The van der Waals surface area contributed by atoms with Gasteiger partial charge < -0.3 is 10.6 Å². The van der Waals surface area contributed by atoms with E-state index in [0.717, 1.165) is 25.5 Å². The van der Waals surface area contributed by atoms with Crippen LogP contribution in [0, 0.1) is 16.0 Å². The van der Waals surface area contributed by atoms with E-state index in [2.05, 4.69) is 22.5 Å². The first kappa shape index (κ1) is 15.2. The molecule has 2 N–H and O–H groups in total. The number of nitro groups is 1. The summed E-state index contributed by atoms with van der Waals surface area (Å²) in [5.41, 5.74) is -0.204. The Morgan fingerprint density at radius 3 is 2.86 bits per heavy atom. The van der Waals surface area contributed by atoms with E-state index < -0.39 is 10.8 Å². The molecular weight excluding hydrogens is 272 g/mol. The van der Waals surface area contributed by atoms with Crippen LogP contribution in [0.15, 0.2) is 12.3 Å². The minimum absolute atomic E-state index is 0.0602. The summed E-state index contributed by atoms with van der Waals surface area (Å²) in [5.74, 6) is 0.470. The summed E-state index contributed by atoms with van der Waals surface area (Å²) in [7, 11) is 0. The van der Waals surface area contributed by atoms with E-state index in [-0.39, 0.29) is 17.3 Å². The third-order valence-electron chi connectivity index (χ3n) is 3.86. The molecule has 2 unspecified atom stereocenters.